The predicted molar refractivity (Wildman–Crippen MR) is 33.7 cm³/mol. The van der Waals surface area contributed by atoms with E-state index < -0.39 is 0 Å². The van der Waals surface area contributed by atoms with Crippen molar-refractivity contribution in [1.82, 2.24) is 15.0 Å². The van der Waals surface area contributed by atoms with Gasteiger partial charge < -0.3 is 0 Å². The average molecular weight is 196 g/mol. The summed E-state index contributed by atoms with van der Waals surface area (Å²) in [7, 11) is 1.70. The van der Waals surface area contributed by atoms with Crippen LogP contribution in [-0.2, 0) is 7.05 Å². The summed E-state index contributed by atoms with van der Waals surface area (Å²) >= 11 is 8.58. The molecule has 0 aliphatic rings. The lowest BCUT2D eigenvalue weighted by Gasteiger charge is -1.76. The van der Waals surface area contributed by atoms with Crippen LogP contribution in [0, 0.1) is 0 Å². The number of halogens is 2. The molecule has 8 heavy (non-hydrogen) atoms. The minimum Gasteiger partial charge on any atom is -0.185 e. The maximum Gasteiger partial charge on any atom is 0.185 e. The Labute approximate surface area is 59.8 Å². The second-order valence-electron chi connectivity index (χ2n) is 1.27. The molecule has 0 unspecified atom stereocenters. The van der Waals surface area contributed by atoms with E-state index in [9.17, 15) is 0 Å². The van der Waals surface area contributed by atoms with Crippen LogP contribution in [0.3, 0.4) is 0 Å². The van der Waals surface area contributed by atoms with Crippen LogP contribution in [0.2, 0.25) is 5.15 Å². The quantitative estimate of drug-likeness (QED) is 0.625. The summed E-state index contributed by atoms with van der Waals surface area (Å²) in [6.45, 7) is 0. The Bertz CT molecular complexity index is 177. The molecule has 0 fully saturated rings. The van der Waals surface area contributed by atoms with Crippen molar-refractivity contribution >= 4 is 27.5 Å². The zero-order valence-corrected chi connectivity index (χ0v) is 6.44. The maximum atomic E-state index is 5.49. The molecule has 0 radical (unpaired) electrons. The minimum atomic E-state index is 0.396. The largest absolute Gasteiger partial charge is 0.185 e. The first-order valence-electron chi connectivity index (χ1n) is 1.92. The molecule has 5 heteroatoms. The van der Waals surface area contributed by atoms with Crippen LogP contribution in [0.5, 0.6) is 0 Å². The van der Waals surface area contributed by atoms with E-state index in [0.717, 1.165) is 0 Å². The molecule has 1 aromatic heterocycles. The van der Waals surface area contributed by atoms with E-state index >= 15 is 0 Å². The second-order valence-corrected chi connectivity index (χ2v) is 2.38. The van der Waals surface area contributed by atoms with Crippen LogP contribution in [-0.4, -0.2) is 15.0 Å². The van der Waals surface area contributed by atoms with Crippen molar-refractivity contribution in [3.63, 3.8) is 0 Å². The lowest BCUT2D eigenvalue weighted by atomic mass is 10.9. The van der Waals surface area contributed by atoms with E-state index in [4.69, 9.17) is 11.6 Å². The smallest absolute Gasteiger partial charge is 0.185 e. The fourth-order valence-corrected chi connectivity index (χ4v) is 0.815. The molecule has 0 saturated carbocycles. The number of hydrogen-bond donors (Lipinski definition) is 0. The summed E-state index contributed by atoms with van der Waals surface area (Å²) in [5.74, 6) is 0. The zero-order chi connectivity index (χ0) is 6.15. The molecule has 0 saturated heterocycles. The third-order valence-corrected chi connectivity index (χ3v) is 1.65. The predicted octanol–water partition coefficient (Wildman–Crippen LogP) is 1.23. The van der Waals surface area contributed by atoms with Gasteiger partial charge in [0.05, 0.1) is 0 Å². The van der Waals surface area contributed by atoms with Crippen molar-refractivity contribution < 1.29 is 0 Å². The van der Waals surface area contributed by atoms with Crippen molar-refractivity contribution in [2.24, 2.45) is 7.05 Å². The monoisotopic (exact) mass is 195 g/mol. The Balaban J connectivity index is 3.14. The normalized spacial score (nSPS) is 9.88. The summed E-state index contributed by atoms with van der Waals surface area (Å²) in [6.07, 6.45) is 0. The van der Waals surface area contributed by atoms with Gasteiger partial charge in [0.2, 0.25) is 0 Å². The molecule has 3 nitrogen and oxygen atoms in total. The fourth-order valence-electron chi connectivity index (χ4n) is 0.359. The molecule has 0 N–H and O–H groups in total. The lowest BCUT2D eigenvalue weighted by molar-refractivity contribution is 0.651. The molecule has 0 aromatic carbocycles. The molecule has 0 aliphatic heterocycles. The van der Waals surface area contributed by atoms with Crippen LogP contribution < -0.4 is 0 Å². The van der Waals surface area contributed by atoms with Gasteiger partial charge in [-0.05, 0) is 15.9 Å². The third kappa shape index (κ3) is 1.00. The highest BCUT2D eigenvalue weighted by Gasteiger charge is 1.99. The van der Waals surface area contributed by atoms with Crippen LogP contribution in [0.4, 0.5) is 0 Å². The average Bonchev–Trinajstić information content (AvgIpc) is 1.85. The van der Waals surface area contributed by atoms with Gasteiger partial charge in [-0.15, -0.1) is 10.2 Å². The number of hydrogen-bond acceptors (Lipinski definition) is 2. The Morgan fingerprint density at radius 2 is 2.25 bits per heavy atom. The first-order chi connectivity index (χ1) is 3.70. The van der Waals surface area contributed by atoms with Crippen molar-refractivity contribution in [2.75, 3.05) is 0 Å². The van der Waals surface area contributed by atoms with Crippen LogP contribution >= 0.6 is 27.5 Å². The van der Waals surface area contributed by atoms with E-state index in [-0.39, 0.29) is 0 Å². The highest BCUT2D eigenvalue weighted by Crippen LogP contribution is 2.14. The Morgan fingerprint density at radius 3 is 2.38 bits per heavy atom. The molecule has 0 atom stereocenters. The standard InChI is InChI=1S/C3H3BrClN3/c1-8-6-2(4)3(5)7-8/h1H3. The Morgan fingerprint density at radius 1 is 1.62 bits per heavy atom. The van der Waals surface area contributed by atoms with Gasteiger partial charge in [-0.1, -0.05) is 11.6 Å². The van der Waals surface area contributed by atoms with E-state index in [1.807, 2.05) is 0 Å². The summed E-state index contributed by atoms with van der Waals surface area (Å²) in [5, 5.41) is 7.93. The highest BCUT2D eigenvalue weighted by molar-refractivity contribution is 9.10. The van der Waals surface area contributed by atoms with Crippen molar-refractivity contribution in [1.29, 1.82) is 0 Å². The second kappa shape index (κ2) is 2.03. The molecule has 1 rings (SSSR count). The van der Waals surface area contributed by atoms with Gasteiger partial charge in [-0.3, -0.25) is 0 Å². The summed E-state index contributed by atoms with van der Waals surface area (Å²) in [6, 6.07) is 0. The van der Waals surface area contributed by atoms with Crippen LogP contribution in [0.1, 0.15) is 0 Å². The van der Waals surface area contributed by atoms with E-state index in [1.54, 1.807) is 7.05 Å². The minimum absolute atomic E-state index is 0.396. The Kier molecular flexibility index (Phi) is 1.53. The lowest BCUT2D eigenvalue weighted by Crippen LogP contribution is -1.90. The number of rotatable bonds is 0. The third-order valence-electron chi connectivity index (χ3n) is 0.635. The van der Waals surface area contributed by atoms with Crippen LogP contribution in [0.15, 0.2) is 4.60 Å². The summed E-state index contributed by atoms with van der Waals surface area (Å²) < 4.78 is 0.585. The van der Waals surface area contributed by atoms with Crippen molar-refractivity contribution in [2.45, 2.75) is 0 Å². The van der Waals surface area contributed by atoms with Gasteiger partial charge in [0.1, 0.15) is 0 Å². The molecule has 0 bridgehead atoms. The molecule has 0 amide bonds. The first kappa shape index (κ1) is 6.04. The van der Waals surface area contributed by atoms with Gasteiger partial charge >= 0.3 is 0 Å². The SMILES string of the molecule is Cn1nc(Cl)c(Br)n1. The number of aromatic nitrogens is 3. The molecular weight excluding hydrogens is 193 g/mol. The molecular formula is C3H3BrClN3. The zero-order valence-electron chi connectivity index (χ0n) is 4.10. The van der Waals surface area contributed by atoms with Crippen LogP contribution in [0.25, 0.3) is 0 Å². The van der Waals surface area contributed by atoms with Gasteiger partial charge in [0.15, 0.2) is 9.76 Å². The Hall–Kier alpha value is -0.0900. The molecule has 0 spiro atoms. The molecule has 0 aliphatic carbocycles. The summed E-state index contributed by atoms with van der Waals surface area (Å²) in [5.41, 5.74) is 0. The number of nitrogens with zero attached hydrogens (tertiary/aromatic N) is 3. The fraction of sp³-hybridized carbons (Fsp3) is 0.333. The van der Waals surface area contributed by atoms with E-state index in [1.165, 1.54) is 4.80 Å². The van der Waals surface area contributed by atoms with Crippen molar-refractivity contribution in [3.8, 4) is 0 Å². The molecule has 1 heterocycles. The first-order valence-corrected chi connectivity index (χ1v) is 3.09. The van der Waals surface area contributed by atoms with Crippen molar-refractivity contribution in [3.05, 3.63) is 9.76 Å². The van der Waals surface area contributed by atoms with E-state index in [0.29, 0.717) is 9.76 Å². The maximum absolute atomic E-state index is 5.49. The summed E-state index contributed by atoms with van der Waals surface area (Å²) in [4.78, 5) is 1.40. The van der Waals surface area contributed by atoms with Gasteiger partial charge in [0, 0.05) is 7.05 Å². The highest BCUT2D eigenvalue weighted by atomic mass is 79.9. The van der Waals surface area contributed by atoms with Gasteiger partial charge in [0.25, 0.3) is 0 Å². The topological polar surface area (TPSA) is 30.7 Å². The number of aryl methyl sites for hydroxylation is 1. The van der Waals surface area contributed by atoms with Gasteiger partial charge in [-0.25, -0.2) is 0 Å². The van der Waals surface area contributed by atoms with E-state index in [2.05, 4.69) is 26.1 Å². The molecule has 1 aromatic rings. The van der Waals surface area contributed by atoms with Gasteiger partial charge in [-0.2, -0.15) is 4.80 Å². The molecule has 44 valence electrons.